The summed E-state index contributed by atoms with van der Waals surface area (Å²) in [5, 5.41) is 8.27. The quantitative estimate of drug-likeness (QED) is 0.275. The van der Waals surface area contributed by atoms with E-state index in [0.717, 1.165) is 24.3 Å². The van der Waals surface area contributed by atoms with Gasteiger partial charge in [0, 0.05) is 22.7 Å². The van der Waals surface area contributed by atoms with Gasteiger partial charge in [-0.3, -0.25) is 0 Å². The Hall–Kier alpha value is -3.21. The number of benzene rings is 3. The van der Waals surface area contributed by atoms with Gasteiger partial charge in [-0.25, -0.2) is 17.6 Å². The Bertz CT molecular complexity index is 1530. The summed E-state index contributed by atoms with van der Waals surface area (Å²) in [4.78, 5) is 13.6. The molecule has 1 aromatic heterocycles. The van der Waals surface area contributed by atoms with Gasteiger partial charge in [-0.05, 0) is 48.0 Å². The zero-order valence-electron chi connectivity index (χ0n) is 17.4. The van der Waals surface area contributed by atoms with Gasteiger partial charge >= 0.3 is 11.9 Å². The number of aromatic amines is 1. The lowest BCUT2D eigenvalue weighted by atomic mass is 10.1. The van der Waals surface area contributed by atoms with Crippen molar-refractivity contribution in [2.45, 2.75) is 16.6 Å². The van der Waals surface area contributed by atoms with Crippen LogP contribution in [-0.4, -0.2) is 24.5 Å². The first-order chi connectivity index (χ1) is 16.4. The van der Waals surface area contributed by atoms with Crippen molar-refractivity contribution in [3.63, 3.8) is 0 Å². The number of fused-ring (bicyclic) bond motifs is 1. The number of carboxylic acids is 1. The number of H-pyrrole nitrogens is 1. The highest BCUT2D eigenvalue weighted by Crippen LogP contribution is 2.42. The number of aliphatic carboxylic acids is 1. The Kier molecular flexibility index (Phi) is 6.48. The number of nitrogens with one attached hydrogen (secondary N) is 1. The third kappa shape index (κ3) is 4.95. The molecule has 35 heavy (non-hydrogen) atoms. The summed E-state index contributed by atoms with van der Waals surface area (Å²) in [5.74, 6) is -7.57. The summed E-state index contributed by atoms with van der Waals surface area (Å²) < 4.78 is 72.5. The second kappa shape index (κ2) is 9.10. The minimum absolute atomic E-state index is 0.0316. The molecule has 0 radical (unpaired) electrons. The molecule has 0 saturated carbocycles. The summed E-state index contributed by atoms with van der Waals surface area (Å²) in [5.41, 5.74) is -0.0590. The molecule has 0 amide bonds. The summed E-state index contributed by atoms with van der Waals surface area (Å²) in [6, 6.07) is 10.9. The van der Waals surface area contributed by atoms with Gasteiger partial charge < -0.3 is 14.8 Å². The predicted molar refractivity (Wildman–Crippen MR) is 124 cm³/mol. The van der Waals surface area contributed by atoms with Crippen molar-refractivity contribution >= 4 is 49.9 Å². The van der Waals surface area contributed by atoms with Crippen LogP contribution in [0.1, 0.15) is 11.1 Å². The normalized spacial score (nSPS) is 12.1. The van der Waals surface area contributed by atoms with E-state index in [0.29, 0.717) is 11.1 Å². The Morgan fingerprint density at radius 3 is 2.26 bits per heavy atom. The van der Waals surface area contributed by atoms with Crippen LogP contribution in [0.4, 0.5) is 13.2 Å². The van der Waals surface area contributed by atoms with Crippen LogP contribution in [-0.2, 0) is 26.3 Å². The van der Waals surface area contributed by atoms with E-state index >= 15 is 0 Å². The molecule has 6 nitrogen and oxygen atoms in total. The van der Waals surface area contributed by atoms with Crippen molar-refractivity contribution in [1.29, 1.82) is 0 Å². The van der Waals surface area contributed by atoms with Crippen LogP contribution < -0.4 is 4.74 Å². The third-order valence-corrected chi connectivity index (χ3v) is 7.35. The molecule has 4 aromatic rings. The highest BCUT2D eigenvalue weighted by atomic mass is 35.5. The number of halogens is 5. The average molecular weight is 544 g/mol. The van der Waals surface area contributed by atoms with Crippen molar-refractivity contribution in [2.75, 3.05) is 0 Å². The fraction of sp³-hybridized carbons (Fsp3) is 0.0870. The van der Waals surface area contributed by atoms with Gasteiger partial charge in [0.05, 0.1) is 20.7 Å². The number of hydrogen-bond acceptors (Lipinski definition) is 4. The topological polar surface area (TPSA) is 96.5 Å². The van der Waals surface area contributed by atoms with E-state index < -0.39 is 33.1 Å². The van der Waals surface area contributed by atoms with E-state index in [1.807, 2.05) is 0 Å². The third-order valence-electron chi connectivity index (χ3n) is 5.07. The van der Waals surface area contributed by atoms with E-state index in [1.165, 1.54) is 36.5 Å². The Labute approximate surface area is 206 Å². The number of rotatable bonds is 7. The lowest BCUT2D eigenvalue weighted by molar-refractivity contribution is -0.166. The van der Waals surface area contributed by atoms with Crippen LogP contribution in [0, 0.1) is 5.82 Å². The highest BCUT2D eigenvalue weighted by Gasteiger charge is 2.42. The lowest BCUT2D eigenvalue weighted by Gasteiger charge is -2.15. The van der Waals surface area contributed by atoms with Gasteiger partial charge in [-0.2, -0.15) is 8.78 Å². The average Bonchev–Trinajstić information content (AvgIpc) is 3.21. The Morgan fingerprint density at radius 1 is 1.03 bits per heavy atom. The van der Waals surface area contributed by atoms with Crippen LogP contribution in [0.25, 0.3) is 10.9 Å². The first kappa shape index (κ1) is 24.9. The number of sulfone groups is 1. The number of aromatic nitrogens is 1. The van der Waals surface area contributed by atoms with E-state index in [9.17, 15) is 26.4 Å². The maximum absolute atomic E-state index is 13.8. The molecular weight excluding hydrogens is 530 g/mol. The van der Waals surface area contributed by atoms with Crippen LogP contribution in [0.5, 0.6) is 11.5 Å². The molecule has 0 saturated heterocycles. The van der Waals surface area contributed by atoms with Gasteiger partial charge in [-0.1, -0.05) is 35.3 Å². The molecule has 2 N–H and O–H groups in total. The molecule has 0 aliphatic rings. The summed E-state index contributed by atoms with van der Waals surface area (Å²) >= 11 is 12.1. The van der Waals surface area contributed by atoms with Crippen LogP contribution >= 0.6 is 23.2 Å². The smallest absolute Gasteiger partial charge is 0.379 e. The first-order valence-corrected chi connectivity index (χ1v) is 12.2. The van der Waals surface area contributed by atoms with Crippen molar-refractivity contribution in [2.24, 2.45) is 0 Å². The van der Waals surface area contributed by atoms with E-state index in [4.69, 9.17) is 33.0 Å². The van der Waals surface area contributed by atoms with E-state index in [2.05, 4.69) is 4.98 Å². The second-order valence-electron chi connectivity index (χ2n) is 7.50. The molecule has 0 spiro atoms. The largest absolute Gasteiger partial charge is 0.477 e. The molecule has 12 heteroatoms. The molecule has 1 heterocycles. The first-order valence-electron chi connectivity index (χ1n) is 9.75. The number of ether oxygens (including phenoxy) is 1. The Morgan fingerprint density at radius 2 is 1.66 bits per heavy atom. The van der Waals surface area contributed by atoms with Crippen LogP contribution in [0.3, 0.4) is 0 Å². The van der Waals surface area contributed by atoms with Crippen molar-refractivity contribution in [3.05, 3.63) is 87.8 Å². The molecule has 0 aliphatic carbocycles. The summed E-state index contributed by atoms with van der Waals surface area (Å²) in [6.07, 6.45) is 1.32. The maximum atomic E-state index is 13.8. The van der Waals surface area contributed by atoms with Gasteiger partial charge in [0.15, 0.2) is 15.6 Å². The molecule has 0 atom stereocenters. The minimum Gasteiger partial charge on any atom is -0.477 e. The molecule has 0 unspecified atom stereocenters. The zero-order chi connectivity index (χ0) is 25.5. The predicted octanol–water partition coefficient (Wildman–Crippen LogP) is 6.56. The van der Waals surface area contributed by atoms with Gasteiger partial charge in [0.2, 0.25) is 0 Å². The Balaban J connectivity index is 1.68. The second-order valence-corrected chi connectivity index (χ2v) is 10.3. The number of carboxylic acid groups (broad SMARTS) is 1. The fourth-order valence-electron chi connectivity index (χ4n) is 3.35. The number of carbonyl (C=O) groups is 1. The van der Waals surface area contributed by atoms with E-state index in [1.54, 1.807) is 0 Å². The lowest BCUT2D eigenvalue weighted by Crippen LogP contribution is -2.25. The number of hydrogen-bond donors (Lipinski definition) is 2. The molecule has 4 rings (SSSR count). The monoisotopic (exact) mass is 543 g/mol. The summed E-state index contributed by atoms with van der Waals surface area (Å²) in [7, 11) is -3.85. The van der Waals surface area contributed by atoms with Gasteiger partial charge in [-0.15, -0.1) is 0 Å². The van der Waals surface area contributed by atoms with Gasteiger partial charge in [0.25, 0.3) is 0 Å². The fourth-order valence-corrected chi connectivity index (χ4v) is 5.45. The zero-order valence-corrected chi connectivity index (χ0v) is 19.7. The standard InChI is InChI=1S/C23H14Cl2F3NO5S/c24-17-7-13(23(27,28)22(30)31)8-18(25)21(17)34-15-5-6-19-16(9-15)20(10-29-19)35(32,33)11-12-1-3-14(26)4-2-12/h1-10,29H,11H2,(H,30,31). The molecule has 182 valence electrons. The van der Waals surface area contributed by atoms with Crippen molar-refractivity contribution in [1.82, 2.24) is 4.98 Å². The molecular formula is C23H14Cl2F3NO5S. The highest BCUT2D eigenvalue weighted by molar-refractivity contribution is 7.90. The molecule has 3 aromatic carbocycles. The van der Waals surface area contributed by atoms with Crippen molar-refractivity contribution in [3.8, 4) is 11.5 Å². The molecule has 0 aliphatic heterocycles. The van der Waals surface area contributed by atoms with Gasteiger partial charge in [0.1, 0.15) is 11.6 Å². The SMILES string of the molecule is O=C(O)C(F)(F)c1cc(Cl)c(Oc2ccc3[nH]cc(S(=O)(=O)Cc4ccc(F)cc4)c3c2)c(Cl)c1. The minimum atomic E-state index is -4.22. The van der Waals surface area contributed by atoms with Crippen molar-refractivity contribution < 1.29 is 36.2 Å². The number of alkyl halides is 2. The summed E-state index contributed by atoms with van der Waals surface area (Å²) in [6.45, 7) is 0. The maximum Gasteiger partial charge on any atom is 0.379 e. The molecule has 0 bridgehead atoms. The van der Waals surface area contributed by atoms with Crippen LogP contribution in [0.2, 0.25) is 10.0 Å². The van der Waals surface area contributed by atoms with E-state index in [-0.39, 0.29) is 37.6 Å². The molecule has 0 fully saturated rings. The van der Waals surface area contributed by atoms with Crippen LogP contribution in [0.15, 0.2) is 65.7 Å².